The van der Waals surface area contributed by atoms with E-state index in [9.17, 15) is 8.42 Å². The van der Waals surface area contributed by atoms with E-state index in [1.807, 2.05) is 0 Å². The Morgan fingerprint density at radius 2 is 1.78 bits per heavy atom. The molecule has 0 saturated heterocycles. The van der Waals surface area contributed by atoms with Gasteiger partial charge in [-0.1, -0.05) is 36.1 Å². The predicted octanol–water partition coefficient (Wildman–Crippen LogP) is 2.68. The molecule has 0 amide bonds. The highest BCUT2D eigenvalue weighted by Gasteiger charge is 2.23. The number of benzene rings is 2. The molecule has 1 saturated carbocycles. The largest absolute Gasteiger partial charge is 0.345 e. The zero-order valence-electron chi connectivity index (χ0n) is 14.5. The van der Waals surface area contributed by atoms with Gasteiger partial charge in [0.25, 0.3) is 0 Å². The molecule has 1 aliphatic carbocycles. The van der Waals surface area contributed by atoms with Crippen molar-refractivity contribution >= 4 is 33.0 Å². The zero-order valence-corrected chi connectivity index (χ0v) is 16.2. The SMILES string of the molecule is NS(=O)(=O)c1ccc(Cc2ccc3c(c2)NC(=S)N[C@H]3C#CC2CC2)cc1. The second-order valence-corrected chi connectivity index (χ2v) is 8.85. The van der Waals surface area contributed by atoms with E-state index >= 15 is 0 Å². The molecule has 2 aromatic carbocycles. The summed E-state index contributed by atoms with van der Waals surface area (Å²) in [7, 11) is -3.67. The Balaban J connectivity index is 1.56. The lowest BCUT2D eigenvalue weighted by Crippen LogP contribution is -2.36. The molecule has 1 fully saturated rings. The average molecular weight is 398 g/mol. The van der Waals surface area contributed by atoms with Crippen molar-refractivity contribution in [1.29, 1.82) is 0 Å². The van der Waals surface area contributed by atoms with Crippen molar-refractivity contribution < 1.29 is 8.42 Å². The van der Waals surface area contributed by atoms with E-state index in [1.54, 1.807) is 12.1 Å². The summed E-state index contributed by atoms with van der Waals surface area (Å²) in [6.07, 6.45) is 3.06. The summed E-state index contributed by atoms with van der Waals surface area (Å²) >= 11 is 5.32. The first-order valence-electron chi connectivity index (χ1n) is 8.71. The lowest BCUT2D eigenvalue weighted by Gasteiger charge is -2.26. The zero-order chi connectivity index (χ0) is 19.0. The van der Waals surface area contributed by atoms with Gasteiger partial charge in [0, 0.05) is 17.2 Å². The van der Waals surface area contributed by atoms with E-state index in [1.165, 1.54) is 25.0 Å². The van der Waals surface area contributed by atoms with Crippen molar-refractivity contribution in [3.63, 3.8) is 0 Å². The van der Waals surface area contributed by atoms with E-state index in [4.69, 9.17) is 17.4 Å². The van der Waals surface area contributed by atoms with Crippen molar-refractivity contribution in [3.05, 3.63) is 59.2 Å². The maximum atomic E-state index is 11.4. The number of primary sulfonamides is 1. The van der Waals surface area contributed by atoms with Gasteiger partial charge in [-0.2, -0.15) is 0 Å². The molecule has 2 aromatic rings. The van der Waals surface area contributed by atoms with Crippen molar-refractivity contribution in [2.24, 2.45) is 11.1 Å². The van der Waals surface area contributed by atoms with Crippen LogP contribution in [-0.4, -0.2) is 13.5 Å². The number of fused-ring (bicyclic) bond motifs is 1. The first-order chi connectivity index (χ1) is 12.9. The fourth-order valence-electron chi connectivity index (χ4n) is 3.02. The van der Waals surface area contributed by atoms with Crippen LogP contribution in [0.15, 0.2) is 47.4 Å². The molecule has 0 radical (unpaired) electrons. The molecule has 27 heavy (non-hydrogen) atoms. The standard InChI is InChI=1S/C20H19N3O2S2/c21-27(24,25)16-7-3-14(4-8-16)11-15-5-9-17-18(10-6-13-1-2-13)22-20(26)23-19(17)12-15/h3-5,7-9,12-13,18H,1-2,11H2,(H2,21,24,25)(H2,22,23,26)/t18-/m0/s1. The van der Waals surface area contributed by atoms with Crippen molar-refractivity contribution in [2.45, 2.75) is 30.2 Å². The fraction of sp³-hybridized carbons (Fsp3) is 0.250. The molecule has 0 unspecified atom stereocenters. The van der Waals surface area contributed by atoms with Crippen LogP contribution < -0.4 is 15.8 Å². The number of anilines is 1. The van der Waals surface area contributed by atoms with Crippen molar-refractivity contribution in [2.75, 3.05) is 5.32 Å². The van der Waals surface area contributed by atoms with E-state index in [0.29, 0.717) is 17.5 Å². The van der Waals surface area contributed by atoms with Gasteiger partial charge in [0.2, 0.25) is 10.0 Å². The first-order valence-corrected chi connectivity index (χ1v) is 10.7. The van der Waals surface area contributed by atoms with Crippen molar-refractivity contribution in [1.82, 2.24) is 5.32 Å². The quantitative estimate of drug-likeness (QED) is 0.548. The van der Waals surface area contributed by atoms with Crippen LogP contribution in [0.5, 0.6) is 0 Å². The molecule has 138 valence electrons. The number of rotatable bonds is 3. The minimum absolute atomic E-state index is 0.0857. The molecule has 7 heteroatoms. The lowest BCUT2D eigenvalue weighted by atomic mass is 9.97. The number of nitrogens with one attached hydrogen (secondary N) is 2. The Morgan fingerprint density at radius 3 is 2.44 bits per heavy atom. The van der Waals surface area contributed by atoms with E-state index in [2.05, 4.69) is 40.7 Å². The molecule has 1 heterocycles. The van der Waals surface area contributed by atoms with Crippen LogP contribution in [0.2, 0.25) is 0 Å². The third-order valence-corrected chi connectivity index (χ3v) is 5.77. The molecule has 0 spiro atoms. The van der Waals surface area contributed by atoms with Gasteiger partial charge < -0.3 is 10.6 Å². The topological polar surface area (TPSA) is 84.2 Å². The summed E-state index contributed by atoms with van der Waals surface area (Å²) in [5.41, 5.74) is 4.16. The normalized spacial score (nSPS) is 18.6. The van der Waals surface area contributed by atoms with Gasteiger partial charge in [0.05, 0.1) is 4.90 Å². The molecule has 0 bridgehead atoms. The summed E-state index contributed by atoms with van der Waals surface area (Å²) in [6, 6.07) is 12.7. The monoisotopic (exact) mass is 397 g/mol. The van der Waals surface area contributed by atoms with E-state index < -0.39 is 10.0 Å². The smallest absolute Gasteiger partial charge is 0.238 e. The Kier molecular flexibility index (Phi) is 4.64. The maximum Gasteiger partial charge on any atom is 0.238 e. The number of hydrogen-bond acceptors (Lipinski definition) is 3. The molecule has 5 nitrogen and oxygen atoms in total. The molecular weight excluding hydrogens is 378 g/mol. The third kappa shape index (κ3) is 4.30. The lowest BCUT2D eigenvalue weighted by molar-refractivity contribution is 0.598. The molecular formula is C20H19N3O2S2. The summed E-state index contributed by atoms with van der Waals surface area (Å²) in [5, 5.41) is 12.1. The minimum atomic E-state index is -3.67. The van der Waals surface area contributed by atoms with Crippen molar-refractivity contribution in [3.8, 4) is 11.8 Å². The summed E-state index contributed by atoms with van der Waals surface area (Å²) in [4.78, 5) is 0.117. The van der Waals surface area contributed by atoms with Crippen LogP contribution in [0.1, 0.15) is 35.6 Å². The summed E-state index contributed by atoms with van der Waals surface area (Å²) in [6.45, 7) is 0. The third-order valence-electron chi connectivity index (χ3n) is 4.62. The Hall–Kier alpha value is -2.40. The summed E-state index contributed by atoms with van der Waals surface area (Å²) < 4.78 is 22.7. The van der Waals surface area contributed by atoms with Crippen LogP contribution in [0, 0.1) is 17.8 Å². The van der Waals surface area contributed by atoms with E-state index in [0.717, 1.165) is 22.4 Å². The molecule has 1 atom stereocenters. The first kappa shape index (κ1) is 18.0. The molecule has 1 aliphatic heterocycles. The minimum Gasteiger partial charge on any atom is -0.345 e. The number of sulfonamides is 1. The van der Waals surface area contributed by atoms with Crippen LogP contribution in [0.3, 0.4) is 0 Å². The molecule has 4 rings (SSSR count). The number of hydrogen-bond donors (Lipinski definition) is 3. The summed E-state index contributed by atoms with van der Waals surface area (Å²) in [5.74, 6) is 7.14. The second-order valence-electron chi connectivity index (χ2n) is 6.88. The van der Waals surface area contributed by atoms with Gasteiger partial charge in [-0.05, 0) is 60.8 Å². The Labute approximate surface area is 164 Å². The Bertz CT molecular complexity index is 1060. The maximum absolute atomic E-state index is 11.4. The second kappa shape index (κ2) is 6.97. The van der Waals surface area contributed by atoms with Crippen LogP contribution in [-0.2, 0) is 16.4 Å². The van der Waals surface area contributed by atoms with Gasteiger partial charge in [-0.15, -0.1) is 0 Å². The molecule has 0 aromatic heterocycles. The van der Waals surface area contributed by atoms with Crippen LogP contribution in [0.25, 0.3) is 0 Å². The highest BCUT2D eigenvalue weighted by atomic mass is 32.2. The highest BCUT2D eigenvalue weighted by molar-refractivity contribution is 7.89. The molecule has 4 N–H and O–H groups in total. The van der Waals surface area contributed by atoms with Gasteiger partial charge in [0.1, 0.15) is 6.04 Å². The van der Waals surface area contributed by atoms with Gasteiger partial charge in [0.15, 0.2) is 5.11 Å². The Morgan fingerprint density at radius 1 is 1.07 bits per heavy atom. The average Bonchev–Trinajstić information content (AvgIpc) is 3.43. The molecule has 2 aliphatic rings. The van der Waals surface area contributed by atoms with E-state index in [-0.39, 0.29) is 10.9 Å². The fourth-order valence-corrected chi connectivity index (χ4v) is 3.76. The van der Waals surface area contributed by atoms with Crippen LogP contribution >= 0.6 is 12.2 Å². The van der Waals surface area contributed by atoms with Gasteiger partial charge in [-0.3, -0.25) is 0 Å². The number of nitrogens with two attached hydrogens (primary N) is 1. The van der Waals surface area contributed by atoms with Gasteiger partial charge >= 0.3 is 0 Å². The van der Waals surface area contributed by atoms with Gasteiger partial charge in [-0.25, -0.2) is 13.6 Å². The highest BCUT2D eigenvalue weighted by Crippen LogP contribution is 2.31. The predicted molar refractivity (Wildman–Crippen MR) is 110 cm³/mol. The number of thiocarbonyl (C=S) groups is 1. The van der Waals surface area contributed by atoms with Crippen LogP contribution in [0.4, 0.5) is 5.69 Å².